The molecule has 0 aliphatic rings. The van der Waals surface area contributed by atoms with Crippen LogP contribution in [-0.4, -0.2) is 33.5 Å². The monoisotopic (exact) mass is 217 g/mol. The van der Waals surface area contributed by atoms with E-state index in [1.165, 1.54) is 6.26 Å². The molecule has 0 aliphatic carbocycles. The van der Waals surface area contributed by atoms with Crippen LogP contribution in [-0.2, 0) is 9.84 Å². The molecule has 0 amide bonds. The van der Waals surface area contributed by atoms with Crippen molar-refractivity contribution >= 4 is 9.84 Å². The first-order valence-corrected chi connectivity index (χ1v) is 6.65. The van der Waals surface area contributed by atoms with Gasteiger partial charge in [-0.05, 0) is 20.8 Å². The Bertz CT molecular complexity index is 314. The third-order valence-corrected chi connectivity index (χ3v) is 2.27. The predicted molar refractivity (Wildman–Crippen MR) is 59.8 cm³/mol. The Morgan fingerprint density at radius 2 is 1.86 bits per heavy atom. The van der Waals surface area contributed by atoms with Crippen LogP contribution >= 0.6 is 0 Å². The molecule has 0 radical (unpaired) electrons. The van der Waals surface area contributed by atoms with Crippen molar-refractivity contribution in [3.8, 4) is 11.8 Å². The number of hydrogen-bond acceptors (Lipinski definition) is 3. The van der Waals surface area contributed by atoms with Gasteiger partial charge < -0.3 is 5.32 Å². The molecule has 4 heteroatoms. The van der Waals surface area contributed by atoms with Crippen molar-refractivity contribution in [3.63, 3.8) is 0 Å². The van der Waals surface area contributed by atoms with Gasteiger partial charge in [-0.15, -0.1) is 0 Å². The van der Waals surface area contributed by atoms with Crippen molar-refractivity contribution in [2.75, 3.05) is 25.1 Å². The van der Waals surface area contributed by atoms with Crippen LogP contribution in [0, 0.1) is 17.3 Å². The minimum atomic E-state index is -2.85. The normalized spacial score (nSPS) is 12.0. The lowest BCUT2D eigenvalue weighted by molar-refractivity contribution is 0.569. The molecule has 0 aliphatic heterocycles. The second kappa shape index (κ2) is 5.38. The second-order valence-corrected chi connectivity index (χ2v) is 6.62. The van der Waals surface area contributed by atoms with E-state index in [1.54, 1.807) is 0 Å². The fraction of sp³-hybridized carbons (Fsp3) is 0.800. The molecule has 0 aromatic carbocycles. The van der Waals surface area contributed by atoms with Crippen molar-refractivity contribution in [2.24, 2.45) is 5.41 Å². The summed E-state index contributed by atoms with van der Waals surface area (Å²) in [4.78, 5) is 0. The summed E-state index contributed by atoms with van der Waals surface area (Å²) in [5.41, 5.74) is 0.0124. The molecule has 14 heavy (non-hydrogen) atoms. The average Bonchev–Trinajstić information content (AvgIpc) is 1.92. The molecule has 0 fully saturated rings. The van der Waals surface area contributed by atoms with Gasteiger partial charge in [0, 0.05) is 18.2 Å². The molecule has 0 spiro atoms. The van der Waals surface area contributed by atoms with E-state index in [0.717, 1.165) is 0 Å². The molecule has 0 unspecified atom stereocenters. The van der Waals surface area contributed by atoms with Gasteiger partial charge in [-0.1, -0.05) is 11.8 Å². The zero-order valence-corrected chi connectivity index (χ0v) is 10.2. The predicted octanol–water partition coefficient (Wildman–Crippen LogP) is 0.670. The van der Waals surface area contributed by atoms with Gasteiger partial charge in [-0.25, -0.2) is 8.42 Å². The lowest BCUT2D eigenvalue weighted by Crippen LogP contribution is -2.22. The first-order valence-electron chi connectivity index (χ1n) is 4.59. The maximum Gasteiger partial charge on any atom is 0.148 e. The van der Waals surface area contributed by atoms with Crippen LogP contribution in [0.25, 0.3) is 0 Å². The van der Waals surface area contributed by atoms with E-state index < -0.39 is 9.84 Å². The Morgan fingerprint density at radius 1 is 1.29 bits per heavy atom. The summed E-state index contributed by atoms with van der Waals surface area (Å²) in [6.45, 7) is 7.13. The molecule has 3 nitrogen and oxygen atoms in total. The quantitative estimate of drug-likeness (QED) is 0.556. The molecular formula is C10H19NO2S. The maximum absolute atomic E-state index is 10.7. The third-order valence-electron chi connectivity index (χ3n) is 1.33. The Balaban J connectivity index is 3.62. The van der Waals surface area contributed by atoms with Gasteiger partial charge >= 0.3 is 0 Å². The summed E-state index contributed by atoms with van der Waals surface area (Å²) >= 11 is 0. The van der Waals surface area contributed by atoms with E-state index in [1.807, 2.05) is 20.8 Å². The number of sulfone groups is 1. The fourth-order valence-electron chi connectivity index (χ4n) is 0.718. The molecule has 0 saturated heterocycles. The Labute approximate surface area is 87.2 Å². The van der Waals surface area contributed by atoms with Crippen LogP contribution in [0.1, 0.15) is 20.8 Å². The largest absolute Gasteiger partial charge is 0.305 e. The highest BCUT2D eigenvalue weighted by Gasteiger charge is 2.03. The second-order valence-electron chi connectivity index (χ2n) is 4.36. The van der Waals surface area contributed by atoms with E-state index in [4.69, 9.17) is 0 Å². The molecule has 0 aromatic heterocycles. The van der Waals surface area contributed by atoms with Crippen LogP contribution in [0.15, 0.2) is 0 Å². The highest BCUT2D eigenvalue weighted by molar-refractivity contribution is 7.90. The number of rotatable bonds is 4. The zero-order valence-electron chi connectivity index (χ0n) is 9.35. The molecule has 0 heterocycles. The van der Waals surface area contributed by atoms with E-state index in [2.05, 4.69) is 17.2 Å². The summed E-state index contributed by atoms with van der Waals surface area (Å²) in [7, 11) is -2.85. The van der Waals surface area contributed by atoms with E-state index in [9.17, 15) is 8.42 Å². The Morgan fingerprint density at radius 3 is 2.29 bits per heavy atom. The minimum absolute atomic E-state index is 0.0124. The van der Waals surface area contributed by atoms with Gasteiger partial charge in [-0.2, -0.15) is 0 Å². The SMILES string of the molecule is CC(C)(C)C#CCNCCS(C)(=O)=O. The van der Waals surface area contributed by atoms with Crippen LogP contribution in [0.3, 0.4) is 0 Å². The van der Waals surface area contributed by atoms with Crippen LogP contribution in [0.4, 0.5) is 0 Å². The van der Waals surface area contributed by atoms with Crippen molar-refractivity contribution in [1.82, 2.24) is 5.32 Å². The number of hydrogen-bond donors (Lipinski definition) is 1. The van der Waals surface area contributed by atoms with Crippen LogP contribution in [0.2, 0.25) is 0 Å². The first-order chi connectivity index (χ1) is 6.21. The molecule has 0 saturated carbocycles. The molecule has 1 N–H and O–H groups in total. The smallest absolute Gasteiger partial charge is 0.148 e. The van der Waals surface area contributed by atoms with Gasteiger partial charge in [0.05, 0.1) is 12.3 Å². The molecule has 82 valence electrons. The number of nitrogens with one attached hydrogen (secondary N) is 1. The summed E-state index contributed by atoms with van der Waals surface area (Å²) in [6, 6.07) is 0. The molecule has 0 atom stereocenters. The summed E-state index contributed by atoms with van der Waals surface area (Å²) < 4.78 is 21.5. The van der Waals surface area contributed by atoms with Gasteiger partial charge in [0.2, 0.25) is 0 Å². The topological polar surface area (TPSA) is 46.2 Å². The Hall–Kier alpha value is -0.530. The van der Waals surface area contributed by atoms with Crippen LogP contribution < -0.4 is 5.32 Å². The summed E-state index contributed by atoms with van der Waals surface area (Å²) in [5.74, 6) is 6.18. The highest BCUT2D eigenvalue weighted by atomic mass is 32.2. The van der Waals surface area contributed by atoms with Gasteiger partial charge in [0.15, 0.2) is 0 Å². The van der Waals surface area contributed by atoms with Gasteiger partial charge in [0.1, 0.15) is 9.84 Å². The molecule has 0 bridgehead atoms. The summed E-state index contributed by atoms with van der Waals surface area (Å²) in [6.07, 6.45) is 1.23. The van der Waals surface area contributed by atoms with Crippen molar-refractivity contribution < 1.29 is 8.42 Å². The lowest BCUT2D eigenvalue weighted by atomic mass is 9.98. The van der Waals surface area contributed by atoms with E-state index in [-0.39, 0.29) is 11.2 Å². The van der Waals surface area contributed by atoms with Crippen molar-refractivity contribution in [2.45, 2.75) is 20.8 Å². The minimum Gasteiger partial charge on any atom is -0.305 e. The van der Waals surface area contributed by atoms with Gasteiger partial charge in [-0.3, -0.25) is 0 Å². The van der Waals surface area contributed by atoms with Crippen LogP contribution in [0.5, 0.6) is 0 Å². The van der Waals surface area contributed by atoms with Gasteiger partial charge in [0.25, 0.3) is 0 Å². The third kappa shape index (κ3) is 11.5. The van der Waals surface area contributed by atoms with E-state index >= 15 is 0 Å². The standard InChI is InChI=1S/C10H19NO2S/c1-10(2,3)6-5-7-11-8-9-14(4,12)13/h11H,7-9H2,1-4H3. The maximum atomic E-state index is 10.7. The Kier molecular flexibility index (Phi) is 5.17. The molecular weight excluding hydrogens is 198 g/mol. The van der Waals surface area contributed by atoms with Crippen molar-refractivity contribution in [1.29, 1.82) is 0 Å². The summed E-state index contributed by atoms with van der Waals surface area (Å²) in [5, 5.41) is 2.96. The molecule has 0 aromatic rings. The highest BCUT2D eigenvalue weighted by Crippen LogP contribution is 2.09. The average molecular weight is 217 g/mol. The first kappa shape index (κ1) is 13.5. The zero-order chi connectivity index (χ0) is 11.2. The van der Waals surface area contributed by atoms with Crippen molar-refractivity contribution in [3.05, 3.63) is 0 Å². The fourth-order valence-corrected chi connectivity index (χ4v) is 1.23. The van der Waals surface area contributed by atoms with E-state index in [0.29, 0.717) is 13.1 Å². The molecule has 0 rings (SSSR count). The lowest BCUT2D eigenvalue weighted by Gasteiger charge is -2.06.